The van der Waals surface area contributed by atoms with E-state index in [1.54, 1.807) is 0 Å². The number of benzene rings is 1. The van der Waals surface area contributed by atoms with Gasteiger partial charge in [0.25, 0.3) is 0 Å². The van der Waals surface area contributed by atoms with Crippen molar-refractivity contribution in [3.8, 4) is 5.75 Å². The number of amides is 1. The SMILES string of the molecule is CCOc1ccccc1N1CCN(C(=O)COC2CCNCC2)CC1.Cl. The molecule has 0 atom stereocenters. The van der Waals surface area contributed by atoms with Crippen molar-refractivity contribution in [1.82, 2.24) is 10.2 Å². The molecule has 0 radical (unpaired) electrons. The Hall–Kier alpha value is -1.50. The second kappa shape index (κ2) is 10.6. The molecular formula is C19H30ClN3O3. The highest BCUT2D eigenvalue weighted by atomic mass is 35.5. The van der Waals surface area contributed by atoms with Gasteiger partial charge in [-0.25, -0.2) is 0 Å². The van der Waals surface area contributed by atoms with Gasteiger partial charge in [-0.1, -0.05) is 12.1 Å². The van der Waals surface area contributed by atoms with E-state index in [1.165, 1.54) is 0 Å². The molecule has 3 rings (SSSR count). The number of para-hydroxylation sites is 2. The molecule has 2 heterocycles. The lowest BCUT2D eigenvalue weighted by Crippen LogP contribution is -2.50. The van der Waals surface area contributed by atoms with Gasteiger partial charge in [-0.2, -0.15) is 0 Å². The summed E-state index contributed by atoms with van der Waals surface area (Å²) in [7, 11) is 0. The molecule has 26 heavy (non-hydrogen) atoms. The van der Waals surface area contributed by atoms with E-state index in [9.17, 15) is 4.79 Å². The van der Waals surface area contributed by atoms with Crippen LogP contribution in [-0.4, -0.2) is 69.4 Å². The summed E-state index contributed by atoms with van der Waals surface area (Å²) >= 11 is 0. The summed E-state index contributed by atoms with van der Waals surface area (Å²) in [6, 6.07) is 8.11. The van der Waals surface area contributed by atoms with Crippen LogP contribution >= 0.6 is 12.4 Å². The molecule has 0 unspecified atom stereocenters. The Bertz CT molecular complexity index is 559. The van der Waals surface area contributed by atoms with Crippen LogP contribution in [0.3, 0.4) is 0 Å². The van der Waals surface area contributed by atoms with Crippen molar-refractivity contribution in [3.05, 3.63) is 24.3 Å². The highest BCUT2D eigenvalue weighted by molar-refractivity contribution is 5.85. The summed E-state index contributed by atoms with van der Waals surface area (Å²) in [4.78, 5) is 16.6. The Balaban J connectivity index is 0.00000243. The molecule has 0 aromatic heterocycles. The fourth-order valence-electron chi connectivity index (χ4n) is 3.44. The minimum absolute atomic E-state index is 0. The summed E-state index contributed by atoms with van der Waals surface area (Å²) in [6.07, 6.45) is 2.22. The monoisotopic (exact) mass is 383 g/mol. The predicted octanol–water partition coefficient (Wildman–Crippen LogP) is 1.92. The summed E-state index contributed by atoms with van der Waals surface area (Å²) in [5, 5.41) is 3.31. The standard InChI is InChI=1S/C19H29N3O3.ClH/c1-2-24-18-6-4-3-5-17(18)21-11-13-22(14-12-21)19(23)15-25-16-7-9-20-10-8-16;/h3-6,16,20H,2,7-15H2,1H3;1H. The van der Waals surface area contributed by atoms with Crippen LogP contribution in [0.1, 0.15) is 19.8 Å². The lowest BCUT2D eigenvalue weighted by atomic mass is 10.1. The number of halogens is 1. The van der Waals surface area contributed by atoms with Gasteiger partial charge in [-0.05, 0) is 45.0 Å². The van der Waals surface area contributed by atoms with Crippen molar-refractivity contribution in [2.24, 2.45) is 0 Å². The smallest absolute Gasteiger partial charge is 0.248 e. The maximum Gasteiger partial charge on any atom is 0.248 e. The van der Waals surface area contributed by atoms with Gasteiger partial charge >= 0.3 is 0 Å². The Morgan fingerprint density at radius 3 is 2.54 bits per heavy atom. The number of nitrogens with one attached hydrogen (secondary N) is 1. The third-order valence-electron chi connectivity index (χ3n) is 4.87. The van der Waals surface area contributed by atoms with E-state index >= 15 is 0 Å². The second-order valence-electron chi connectivity index (χ2n) is 6.53. The van der Waals surface area contributed by atoms with Crippen LogP contribution < -0.4 is 15.0 Å². The Morgan fingerprint density at radius 1 is 1.15 bits per heavy atom. The van der Waals surface area contributed by atoms with Crippen LogP contribution in [0.25, 0.3) is 0 Å². The molecule has 1 aromatic rings. The third kappa shape index (κ3) is 5.50. The number of anilines is 1. The number of ether oxygens (including phenoxy) is 2. The number of piperidine rings is 1. The van der Waals surface area contributed by atoms with Crippen molar-refractivity contribution < 1.29 is 14.3 Å². The van der Waals surface area contributed by atoms with Crippen LogP contribution in [0.4, 0.5) is 5.69 Å². The van der Waals surface area contributed by atoms with Gasteiger partial charge in [-0.3, -0.25) is 4.79 Å². The number of carbonyl (C=O) groups is 1. The summed E-state index contributed by atoms with van der Waals surface area (Å²) in [5.74, 6) is 1.02. The number of rotatable bonds is 6. The lowest BCUT2D eigenvalue weighted by molar-refractivity contribution is -0.139. The minimum atomic E-state index is 0. The Kier molecular flexibility index (Phi) is 8.48. The molecule has 0 bridgehead atoms. The average Bonchev–Trinajstić information content (AvgIpc) is 2.68. The Morgan fingerprint density at radius 2 is 1.85 bits per heavy atom. The first kappa shape index (κ1) is 20.8. The van der Waals surface area contributed by atoms with E-state index in [0.717, 1.165) is 63.5 Å². The van der Waals surface area contributed by atoms with E-state index in [0.29, 0.717) is 6.61 Å². The fourth-order valence-corrected chi connectivity index (χ4v) is 3.44. The molecule has 146 valence electrons. The highest BCUT2D eigenvalue weighted by Gasteiger charge is 2.24. The topological polar surface area (TPSA) is 54.0 Å². The van der Waals surface area contributed by atoms with Gasteiger partial charge in [0, 0.05) is 26.2 Å². The number of nitrogens with zero attached hydrogens (tertiary/aromatic N) is 2. The molecule has 2 saturated heterocycles. The second-order valence-corrected chi connectivity index (χ2v) is 6.53. The van der Waals surface area contributed by atoms with Gasteiger partial charge in [0.2, 0.25) is 5.91 Å². The number of piperazine rings is 1. The van der Waals surface area contributed by atoms with Crippen molar-refractivity contribution >= 4 is 24.0 Å². The molecule has 0 aliphatic carbocycles. The predicted molar refractivity (Wildman–Crippen MR) is 105 cm³/mol. The maximum atomic E-state index is 12.4. The average molecular weight is 384 g/mol. The van der Waals surface area contributed by atoms with Gasteiger partial charge in [0.1, 0.15) is 12.4 Å². The molecule has 0 spiro atoms. The van der Waals surface area contributed by atoms with E-state index in [4.69, 9.17) is 9.47 Å². The zero-order valence-corrected chi connectivity index (χ0v) is 16.3. The molecule has 6 nitrogen and oxygen atoms in total. The quantitative estimate of drug-likeness (QED) is 0.813. The Labute approximate surface area is 162 Å². The summed E-state index contributed by atoms with van der Waals surface area (Å²) in [5.41, 5.74) is 1.11. The summed E-state index contributed by atoms with van der Waals surface area (Å²) in [6.45, 7) is 7.93. The van der Waals surface area contributed by atoms with Crippen molar-refractivity contribution in [2.45, 2.75) is 25.9 Å². The molecule has 2 aliphatic heterocycles. The van der Waals surface area contributed by atoms with Crippen LogP contribution in [0.2, 0.25) is 0 Å². The third-order valence-corrected chi connectivity index (χ3v) is 4.87. The number of carbonyl (C=O) groups excluding carboxylic acids is 1. The van der Waals surface area contributed by atoms with Gasteiger partial charge in [0.15, 0.2) is 0 Å². The molecule has 1 N–H and O–H groups in total. The molecule has 0 saturated carbocycles. The first-order chi connectivity index (χ1) is 12.3. The number of hydrogen-bond acceptors (Lipinski definition) is 5. The largest absolute Gasteiger partial charge is 0.492 e. The molecular weight excluding hydrogens is 354 g/mol. The zero-order chi connectivity index (χ0) is 17.5. The molecule has 2 fully saturated rings. The first-order valence-electron chi connectivity index (χ1n) is 9.35. The van der Waals surface area contributed by atoms with Crippen LogP contribution in [0.5, 0.6) is 5.75 Å². The normalized spacial score (nSPS) is 18.3. The lowest BCUT2D eigenvalue weighted by Gasteiger charge is -2.37. The minimum Gasteiger partial charge on any atom is -0.492 e. The zero-order valence-electron chi connectivity index (χ0n) is 15.5. The molecule has 2 aliphatic rings. The van der Waals surface area contributed by atoms with Crippen LogP contribution in [0, 0.1) is 0 Å². The fraction of sp³-hybridized carbons (Fsp3) is 0.632. The summed E-state index contributed by atoms with van der Waals surface area (Å²) < 4.78 is 11.5. The van der Waals surface area contributed by atoms with Gasteiger partial charge in [0.05, 0.1) is 18.4 Å². The van der Waals surface area contributed by atoms with E-state index in [-0.39, 0.29) is 31.0 Å². The van der Waals surface area contributed by atoms with Gasteiger partial charge < -0.3 is 24.6 Å². The van der Waals surface area contributed by atoms with Gasteiger partial charge in [-0.15, -0.1) is 12.4 Å². The van der Waals surface area contributed by atoms with Crippen molar-refractivity contribution in [2.75, 3.05) is 57.4 Å². The number of hydrogen-bond donors (Lipinski definition) is 1. The van der Waals surface area contributed by atoms with Crippen LogP contribution in [0.15, 0.2) is 24.3 Å². The molecule has 1 aromatic carbocycles. The van der Waals surface area contributed by atoms with Crippen molar-refractivity contribution in [3.63, 3.8) is 0 Å². The van der Waals surface area contributed by atoms with Crippen LogP contribution in [-0.2, 0) is 9.53 Å². The van der Waals surface area contributed by atoms with E-state index in [2.05, 4.69) is 16.3 Å². The molecule has 7 heteroatoms. The molecule has 1 amide bonds. The first-order valence-corrected chi connectivity index (χ1v) is 9.35. The van der Waals surface area contributed by atoms with E-state index < -0.39 is 0 Å². The van der Waals surface area contributed by atoms with E-state index in [1.807, 2.05) is 30.0 Å². The highest BCUT2D eigenvalue weighted by Crippen LogP contribution is 2.28. The maximum absolute atomic E-state index is 12.4. The van der Waals surface area contributed by atoms with Crippen molar-refractivity contribution in [1.29, 1.82) is 0 Å².